The van der Waals surface area contributed by atoms with Crippen LogP contribution in [0.5, 0.6) is 0 Å². The van der Waals surface area contributed by atoms with Gasteiger partial charge in [0.15, 0.2) is 0 Å². The Morgan fingerprint density at radius 3 is 2.22 bits per heavy atom. The molecule has 5 nitrogen and oxygen atoms in total. The summed E-state index contributed by atoms with van der Waals surface area (Å²) in [4.78, 5) is 0. The summed E-state index contributed by atoms with van der Waals surface area (Å²) in [5.74, 6) is 0. The van der Waals surface area contributed by atoms with E-state index in [1.165, 1.54) is 4.31 Å². The standard InChI is InChI=1S/C12H29N3O2S/c1-6-10-15(12(3)4)18(16,17)14(5)11-8-9-13-7-2/h12-13H,6-11H2,1-5H3. The molecule has 0 amide bonds. The Kier molecular flexibility index (Phi) is 8.77. The number of nitrogens with one attached hydrogen (secondary N) is 1. The Morgan fingerprint density at radius 2 is 1.78 bits per heavy atom. The highest BCUT2D eigenvalue weighted by atomic mass is 32.2. The third kappa shape index (κ3) is 5.65. The Hall–Kier alpha value is -0.170. The van der Waals surface area contributed by atoms with Crippen molar-refractivity contribution in [2.45, 2.75) is 46.6 Å². The lowest BCUT2D eigenvalue weighted by Crippen LogP contribution is -2.46. The van der Waals surface area contributed by atoms with Gasteiger partial charge in [-0.2, -0.15) is 17.0 Å². The Labute approximate surface area is 113 Å². The first-order valence-corrected chi connectivity index (χ1v) is 8.21. The number of hydrogen-bond acceptors (Lipinski definition) is 3. The minimum absolute atomic E-state index is 0.00571. The molecule has 0 aliphatic carbocycles. The maximum absolute atomic E-state index is 12.4. The lowest BCUT2D eigenvalue weighted by molar-refractivity contribution is 0.316. The van der Waals surface area contributed by atoms with Crippen LogP contribution in [0, 0.1) is 0 Å². The molecule has 0 aliphatic rings. The van der Waals surface area contributed by atoms with E-state index in [-0.39, 0.29) is 6.04 Å². The molecule has 110 valence electrons. The van der Waals surface area contributed by atoms with Crippen LogP contribution in [0.15, 0.2) is 0 Å². The van der Waals surface area contributed by atoms with Crippen LogP contribution in [-0.4, -0.2) is 56.3 Å². The lowest BCUT2D eigenvalue weighted by Gasteiger charge is -2.30. The maximum Gasteiger partial charge on any atom is 0.281 e. The quantitative estimate of drug-likeness (QED) is 0.613. The van der Waals surface area contributed by atoms with Crippen molar-refractivity contribution in [2.24, 2.45) is 0 Å². The Balaban J connectivity index is 4.48. The van der Waals surface area contributed by atoms with Gasteiger partial charge in [0, 0.05) is 26.2 Å². The van der Waals surface area contributed by atoms with Crippen molar-refractivity contribution in [3.05, 3.63) is 0 Å². The summed E-state index contributed by atoms with van der Waals surface area (Å²) in [6, 6.07) is 0.00571. The SMILES string of the molecule is CCCN(C(C)C)S(=O)(=O)N(C)CCCNCC. The molecule has 0 fully saturated rings. The predicted molar refractivity (Wildman–Crippen MR) is 76.8 cm³/mol. The van der Waals surface area contributed by atoms with Crippen LogP contribution >= 0.6 is 0 Å². The van der Waals surface area contributed by atoms with Gasteiger partial charge in [-0.15, -0.1) is 0 Å². The summed E-state index contributed by atoms with van der Waals surface area (Å²) in [6.45, 7) is 10.8. The highest BCUT2D eigenvalue weighted by Gasteiger charge is 2.27. The van der Waals surface area contributed by atoms with Gasteiger partial charge in [0.05, 0.1) is 0 Å². The summed E-state index contributed by atoms with van der Waals surface area (Å²) in [5, 5.41) is 3.20. The highest BCUT2D eigenvalue weighted by Crippen LogP contribution is 2.11. The van der Waals surface area contributed by atoms with Gasteiger partial charge in [0.1, 0.15) is 0 Å². The molecule has 0 aromatic heterocycles. The van der Waals surface area contributed by atoms with Crippen LogP contribution in [-0.2, 0) is 10.2 Å². The third-order valence-corrected chi connectivity index (χ3v) is 4.95. The molecule has 0 saturated carbocycles. The van der Waals surface area contributed by atoms with Gasteiger partial charge in [-0.05, 0) is 39.8 Å². The van der Waals surface area contributed by atoms with Crippen LogP contribution in [0.25, 0.3) is 0 Å². The normalized spacial score (nSPS) is 12.9. The van der Waals surface area contributed by atoms with E-state index < -0.39 is 10.2 Å². The molecule has 6 heteroatoms. The van der Waals surface area contributed by atoms with Crippen molar-refractivity contribution in [3.8, 4) is 0 Å². The molecular weight excluding hydrogens is 250 g/mol. The largest absolute Gasteiger partial charge is 0.317 e. The van der Waals surface area contributed by atoms with Crippen molar-refractivity contribution in [2.75, 3.05) is 33.2 Å². The molecule has 0 bridgehead atoms. The first kappa shape index (κ1) is 17.8. The fourth-order valence-electron chi connectivity index (χ4n) is 1.76. The van der Waals surface area contributed by atoms with E-state index in [1.807, 2.05) is 27.7 Å². The molecule has 0 heterocycles. The van der Waals surface area contributed by atoms with Crippen LogP contribution < -0.4 is 5.32 Å². The maximum atomic E-state index is 12.4. The zero-order valence-corrected chi connectivity index (χ0v) is 13.3. The first-order chi connectivity index (χ1) is 8.37. The van der Waals surface area contributed by atoms with Gasteiger partial charge in [-0.3, -0.25) is 0 Å². The average molecular weight is 279 g/mol. The van der Waals surface area contributed by atoms with Crippen molar-refractivity contribution < 1.29 is 8.42 Å². The zero-order chi connectivity index (χ0) is 14.2. The number of rotatable bonds is 10. The van der Waals surface area contributed by atoms with E-state index in [1.54, 1.807) is 11.4 Å². The minimum atomic E-state index is -3.31. The molecular formula is C12H29N3O2S. The molecule has 0 rings (SSSR count). The predicted octanol–water partition coefficient (Wildman–Crippen LogP) is 1.28. The van der Waals surface area contributed by atoms with E-state index in [0.29, 0.717) is 13.1 Å². The van der Waals surface area contributed by atoms with Gasteiger partial charge >= 0.3 is 0 Å². The number of nitrogens with zero attached hydrogens (tertiary/aromatic N) is 2. The second-order valence-corrected chi connectivity index (χ2v) is 6.73. The molecule has 0 saturated heterocycles. The van der Waals surface area contributed by atoms with Gasteiger partial charge in [-0.1, -0.05) is 13.8 Å². The molecule has 0 spiro atoms. The van der Waals surface area contributed by atoms with Crippen molar-refractivity contribution in [1.29, 1.82) is 0 Å². The van der Waals surface area contributed by atoms with E-state index in [0.717, 1.165) is 25.9 Å². The molecule has 0 radical (unpaired) electrons. The summed E-state index contributed by atoms with van der Waals surface area (Å²) in [6.07, 6.45) is 1.67. The van der Waals surface area contributed by atoms with Crippen LogP contribution in [0.2, 0.25) is 0 Å². The number of hydrogen-bond donors (Lipinski definition) is 1. The molecule has 0 aromatic rings. The molecule has 0 unspecified atom stereocenters. The fourth-order valence-corrected chi connectivity index (χ4v) is 3.42. The summed E-state index contributed by atoms with van der Waals surface area (Å²) >= 11 is 0. The minimum Gasteiger partial charge on any atom is -0.317 e. The smallest absolute Gasteiger partial charge is 0.281 e. The zero-order valence-electron chi connectivity index (χ0n) is 12.4. The van der Waals surface area contributed by atoms with Gasteiger partial charge in [0.2, 0.25) is 0 Å². The Bertz CT molecular complexity index is 304. The topological polar surface area (TPSA) is 52.7 Å². The summed E-state index contributed by atoms with van der Waals surface area (Å²) in [7, 11) is -1.65. The molecule has 1 N–H and O–H groups in total. The monoisotopic (exact) mass is 279 g/mol. The van der Waals surface area contributed by atoms with Crippen LogP contribution in [0.4, 0.5) is 0 Å². The highest BCUT2D eigenvalue weighted by molar-refractivity contribution is 7.86. The van der Waals surface area contributed by atoms with Crippen molar-refractivity contribution in [1.82, 2.24) is 13.9 Å². The third-order valence-electron chi connectivity index (χ3n) is 2.79. The average Bonchev–Trinajstić information content (AvgIpc) is 2.30. The molecule has 0 atom stereocenters. The van der Waals surface area contributed by atoms with Gasteiger partial charge in [-0.25, -0.2) is 0 Å². The molecule has 18 heavy (non-hydrogen) atoms. The first-order valence-electron chi connectivity index (χ1n) is 6.81. The lowest BCUT2D eigenvalue weighted by atomic mass is 10.4. The van der Waals surface area contributed by atoms with E-state index >= 15 is 0 Å². The van der Waals surface area contributed by atoms with Gasteiger partial charge < -0.3 is 5.32 Å². The van der Waals surface area contributed by atoms with Crippen LogP contribution in [0.1, 0.15) is 40.5 Å². The van der Waals surface area contributed by atoms with E-state index in [2.05, 4.69) is 5.32 Å². The molecule has 0 aromatic carbocycles. The second kappa shape index (κ2) is 8.85. The van der Waals surface area contributed by atoms with Gasteiger partial charge in [0.25, 0.3) is 10.2 Å². The fraction of sp³-hybridized carbons (Fsp3) is 1.00. The van der Waals surface area contributed by atoms with Crippen molar-refractivity contribution >= 4 is 10.2 Å². The molecule has 0 aliphatic heterocycles. The Morgan fingerprint density at radius 1 is 1.17 bits per heavy atom. The van der Waals surface area contributed by atoms with E-state index in [4.69, 9.17) is 0 Å². The van der Waals surface area contributed by atoms with E-state index in [9.17, 15) is 8.42 Å². The summed E-state index contributed by atoms with van der Waals surface area (Å²) < 4.78 is 27.7. The van der Waals surface area contributed by atoms with Crippen LogP contribution in [0.3, 0.4) is 0 Å². The van der Waals surface area contributed by atoms with Crippen molar-refractivity contribution in [3.63, 3.8) is 0 Å². The second-order valence-electron chi connectivity index (χ2n) is 4.74. The summed E-state index contributed by atoms with van der Waals surface area (Å²) in [5.41, 5.74) is 0.